The highest BCUT2D eigenvalue weighted by atomic mass is 79.9. The van der Waals surface area contributed by atoms with Gasteiger partial charge in [-0.1, -0.05) is 15.9 Å². The fourth-order valence-corrected chi connectivity index (χ4v) is 2.94. The van der Waals surface area contributed by atoms with Crippen LogP contribution in [-0.2, 0) is 11.2 Å². The zero-order valence-corrected chi connectivity index (χ0v) is 13.3. The summed E-state index contributed by atoms with van der Waals surface area (Å²) >= 11 is 3.46. The first-order valence-corrected chi connectivity index (χ1v) is 7.57. The van der Waals surface area contributed by atoms with Gasteiger partial charge in [0.25, 0.3) is 0 Å². The van der Waals surface area contributed by atoms with Crippen LogP contribution < -0.4 is 16.4 Å². The third kappa shape index (κ3) is 2.88. The number of anilines is 4. The molecule has 0 saturated carbocycles. The summed E-state index contributed by atoms with van der Waals surface area (Å²) < 4.78 is 1.05. The Bertz CT molecular complexity index is 728. The van der Waals surface area contributed by atoms with E-state index < -0.39 is 0 Å². The molecule has 0 bridgehead atoms. The molecule has 0 aliphatic carbocycles. The molecular weight excluding hydrogens is 330 g/mol. The quantitative estimate of drug-likeness (QED) is 0.721. The monoisotopic (exact) mass is 345 g/mol. The zero-order valence-electron chi connectivity index (χ0n) is 11.7. The lowest BCUT2D eigenvalue weighted by Gasteiger charge is -2.20. The lowest BCUT2D eigenvalue weighted by atomic mass is 10.0. The number of aryl methyl sites for hydroxylation is 2. The Balaban J connectivity index is 1.94. The fourth-order valence-electron chi connectivity index (χ4n) is 2.47. The number of hydrogen-bond acceptors (Lipinski definition) is 3. The molecule has 0 fully saturated rings. The molecule has 0 aromatic heterocycles. The van der Waals surface area contributed by atoms with E-state index in [4.69, 9.17) is 5.73 Å². The number of hydrogen-bond donors (Lipinski definition) is 3. The minimum Gasteiger partial charge on any atom is -0.397 e. The van der Waals surface area contributed by atoms with Crippen molar-refractivity contribution < 1.29 is 4.79 Å². The second-order valence-electron chi connectivity index (χ2n) is 5.23. The molecule has 0 unspecified atom stereocenters. The first-order chi connectivity index (χ1) is 10.0. The van der Waals surface area contributed by atoms with Crippen LogP contribution in [0.2, 0.25) is 0 Å². The van der Waals surface area contributed by atoms with E-state index >= 15 is 0 Å². The number of benzene rings is 2. The smallest absolute Gasteiger partial charge is 0.224 e. The summed E-state index contributed by atoms with van der Waals surface area (Å²) in [6, 6.07) is 9.90. The lowest BCUT2D eigenvalue weighted by molar-refractivity contribution is -0.116. The van der Waals surface area contributed by atoms with Gasteiger partial charge >= 0.3 is 0 Å². The lowest BCUT2D eigenvalue weighted by Crippen LogP contribution is -2.19. The Morgan fingerprint density at radius 2 is 2.00 bits per heavy atom. The third-order valence-electron chi connectivity index (χ3n) is 3.63. The molecule has 1 aliphatic rings. The van der Waals surface area contributed by atoms with Crippen molar-refractivity contribution in [3.05, 3.63) is 45.9 Å². The Morgan fingerprint density at radius 1 is 1.19 bits per heavy atom. The minimum atomic E-state index is 0.0476. The van der Waals surface area contributed by atoms with E-state index in [-0.39, 0.29) is 5.91 Å². The predicted molar refractivity (Wildman–Crippen MR) is 90.0 cm³/mol. The molecule has 2 aromatic rings. The molecule has 108 valence electrons. The topological polar surface area (TPSA) is 67.2 Å². The highest BCUT2D eigenvalue weighted by Crippen LogP contribution is 2.33. The molecule has 3 rings (SSSR count). The van der Waals surface area contributed by atoms with E-state index in [0.29, 0.717) is 12.1 Å². The maximum absolute atomic E-state index is 11.4. The van der Waals surface area contributed by atoms with Crippen LogP contribution in [0.5, 0.6) is 0 Å². The summed E-state index contributed by atoms with van der Waals surface area (Å²) in [5, 5.41) is 6.23. The van der Waals surface area contributed by atoms with Crippen LogP contribution in [0.4, 0.5) is 22.7 Å². The number of nitrogen functional groups attached to an aromatic ring is 1. The number of halogens is 1. The van der Waals surface area contributed by atoms with Gasteiger partial charge in [-0.05, 0) is 54.8 Å². The summed E-state index contributed by atoms with van der Waals surface area (Å²) in [7, 11) is 0. The van der Waals surface area contributed by atoms with Crippen molar-refractivity contribution in [3.8, 4) is 0 Å². The van der Waals surface area contributed by atoms with Crippen LogP contribution in [0.15, 0.2) is 34.8 Å². The molecule has 4 N–H and O–H groups in total. The Hall–Kier alpha value is -2.01. The molecular formula is C16H16BrN3O. The van der Waals surface area contributed by atoms with Gasteiger partial charge in [-0.3, -0.25) is 4.79 Å². The SMILES string of the molecule is Cc1cc(Br)ccc1Nc1cc2c(cc1N)NC(=O)CC2. The standard InChI is InChI=1S/C16H16BrN3O/c1-9-6-11(17)3-4-13(9)19-15-7-10-2-5-16(21)20-14(10)8-12(15)18/h3-4,6-8,19H,2,5,18H2,1H3,(H,20,21). The van der Waals surface area contributed by atoms with E-state index in [0.717, 1.165) is 39.1 Å². The van der Waals surface area contributed by atoms with Crippen LogP contribution in [0.25, 0.3) is 0 Å². The highest BCUT2D eigenvalue weighted by Gasteiger charge is 2.16. The van der Waals surface area contributed by atoms with Crippen LogP contribution >= 0.6 is 15.9 Å². The average molecular weight is 346 g/mol. The maximum Gasteiger partial charge on any atom is 0.224 e. The van der Waals surface area contributed by atoms with Crippen molar-refractivity contribution >= 4 is 44.6 Å². The first-order valence-electron chi connectivity index (χ1n) is 6.78. The van der Waals surface area contributed by atoms with E-state index in [2.05, 4.69) is 32.6 Å². The van der Waals surface area contributed by atoms with E-state index in [9.17, 15) is 4.79 Å². The van der Waals surface area contributed by atoms with E-state index in [1.807, 2.05) is 31.2 Å². The number of nitrogens with two attached hydrogens (primary N) is 1. The molecule has 0 atom stereocenters. The first kappa shape index (κ1) is 13.9. The third-order valence-corrected chi connectivity index (χ3v) is 4.12. The second kappa shape index (κ2) is 5.41. The fraction of sp³-hybridized carbons (Fsp3) is 0.188. The molecule has 0 saturated heterocycles. The number of fused-ring (bicyclic) bond motifs is 1. The molecule has 1 aliphatic heterocycles. The predicted octanol–water partition coefficient (Wildman–Crippen LogP) is 3.97. The molecule has 21 heavy (non-hydrogen) atoms. The maximum atomic E-state index is 11.4. The van der Waals surface area contributed by atoms with Crippen LogP contribution in [0.1, 0.15) is 17.5 Å². The molecule has 1 heterocycles. The van der Waals surface area contributed by atoms with Gasteiger partial charge in [0, 0.05) is 22.3 Å². The number of carbonyl (C=O) groups excluding carboxylic acids is 1. The van der Waals surface area contributed by atoms with Crippen molar-refractivity contribution in [2.24, 2.45) is 0 Å². The van der Waals surface area contributed by atoms with Gasteiger partial charge in [-0.25, -0.2) is 0 Å². The number of carbonyl (C=O) groups is 1. The summed E-state index contributed by atoms with van der Waals surface area (Å²) in [6.07, 6.45) is 1.27. The number of rotatable bonds is 2. The number of nitrogens with one attached hydrogen (secondary N) is 2. The van der Waals surface area contributed by atoms with Crippen molar-refractivity contribution in [1.82, 2.24) is 0 Å². The largest absolute Gasteiger partial charge is 0.397 e. The summed E-state index contributed by atoms with van der Waals surface area (Å²) in [4.78, 5) is 11.4. The molecule has 1 amide bonds. The van der Waals surface area contributed by atoms with Gasteiger partial charge < -0.3 is 16.4 Å². The molecule has 0 spiro atoms. The zero-order chi connectivity index (χ0) is 15.0. The summed E-state index contributed by atoms with van der Waals surface area (Å²) in [5.74, 6) is 0.0476. The van der Waals surface area contributed by atoms with Crippen LogP contribution in [0, 0.1) is 6.92 Å². The van der Waals surface area contributed by atoms with Crippen molar-refractivity contribution in [1.29, 1.82) is 0 Å². The van der Waals surface area contributed by atoms with Gasteiger partial charge in [-0.2, -0.15) is 0 Å². The molecule has 2 aromatic carbocycles. The van der Waals surface area contributed by atoms with E-state index in [1.165, 1.54) is 0 Å². The summed E-state index contributed by atoms with van der Waals surface area (Å²) in [6.45, 7) is 2.04. The molecule has 5 heteroatoms. The van der Waals surface area contributed by atoms with Gasteiger partial charge in [0.2, 0.25) is 5.91 Å². The van der Waals surface area contributed by atoms with Crippen molar-refractivity contribution in [2.75, 3.05) is 16.4 Å². The molecule has 4 nitrogen and oxygen atoms in total. The summed E-state index contributed by atoms with van der Waals surface area (Å²) in [5.41, 5.74) is 11.7. The van der Waals surface area contributed by atoms with E-state index in [1.54, 1.807) is 0 Å². The molecule has 0 radical (unpaired) electrons. The highest BCUT2D eigenvalue weighted by molar-refractivity contribution is 9.10. The van der Waals surface area contributed by atoms with Gasteiger partial charge in [0.1, 0.15) is 0 Å². The Kier molecular flexibility index (Phi) is 3.59. The van der Waals surface area contributed by atoms with Gasteiger partial charge in [0.15, 0.2) is 0 Å². The van der Waals surface area contributed by atoms with Gasteiger partial charge in [0.05, 0.1) is 11.4 Å². The normalized spacial score (nSPS) is 13.5. The Labute approximate surface area is 131 Å². The van der Waals surface area contributed by atoms with Crippen molar-refractivity contribution in [2.45, 2.75) is 19.8 Å². The van der Waals surface area contributed by atoms with Gasteiger partial charge in [-0.15, -0.1) is 0 Å². The van der Waals surface area contributed by atoms with Crippen LogP contribution in [0.3, 0.4) is 0 Å². The average Bonchev–Trinajstić information content (AvgIpc) is 2.42. The second-order valence-corrected chi connectivity index (χ2v) is 6.14. The number of amides is 1. The minimum absolute atomic E-state index is 0.0476. The van der Waals surface area contributed by atoms with Crippen LogP contribution in [-0.4, -0.2) is 5.91 Å². The Morgan fingerprint density at radius 3 is 2.76 bits per heavy atom. The van der Waals surface area contributed by atoms with Crippen molar-refractivity contribution in [3.63, 3.8) is 0 Å².